The summed E-state index contributed by atoms with van der Waals surface area (Å²) in [7, 11) is -3.97. The molecule has 1 N–H and O–H groups in total. The van der Waals surface area contributed by atoms with Crippen LogP contribution < -0.4 is 5.43 Å². The summed E-state index contributed by atoms with van der Waals surface area (Å²) in [5.41, 5.74) is 3.17. The minimum atomic E-state index is -3.97. The van der Waals surface area contributed by atoms with Gasteiger partial charge in [0.05, 0.1) is 38.3 Å². The minimum absolute atomic E-state index is 0.0100. The van der Waals surface area contributed by atoms with E-state index in [1.165, 1.54) is 53.0 Å². The van der Waals surface area contributed by atoms with Crippen LogP contribution in [0.5, 0.6) is 0 Å². The number of nitrogens with zero attached hydrogens (tertiary/aromatic N) is 2. The van der Waals surface area contributed by atoms with Crippen LogP contribution in [0.1, 0.15) is 27.4 Å². The van der Waals surface area contributed by atoms with Crippen LogP contribution in [-0.2, 0) is 23.1 Å². The van der Waals surface area contributed by atoms with Crippen molar-refractivity contribution in [2.75, 3.05) is 0 Å². The van der Waals surface area contributed by atoms with Gasteiger partial charge in [0.15, 0.2) is 0 Å². The molecule has 0 saturated heterocycles. The van der Waals surface area contributed by atoms with E-state index in [0.717, 1.165) is 0 Å². The zero-order valence-corrected chi connectivity index (χ0v) is 24.3. The highest BCUT2D eigenvalue weighted by Crippen LogP contribution is 2.27. The van der Waals surface area contributed by atoms with E-state index < -0.39 is 15.9 Å². The van der Waals surface area contributed by atoms with Gasteiger partial charge in [-0.3, -0.25) is 4.79 Å². The molecular formula is C26H18Cl5N3O4S. The monoisotopic (exact) mass is 643 g/mol. The Balaban J connectivity index is 1.52. The van der Waals surface area contributed by atoms with Crippen LogP contribution in [0.2, 0.25) is 25.1 Å². The number of halogens is 5. The van der Waals surface area contributed by atoms with Crippen molar-refractivity contribution in [1.82, 2.24) is 9.73 Å². The summed E-state index contributed by atoms with van der Waals surface area (Å²) in [6.07, 6.45) is 1.28. The first-order chi connectivity index (χ1) is 18.5. The van der Waals surface area contributed by atoms with E-state index in [1.807, 2.05) is 0 Å². The van der Waals surface area contributed by atoms with Crippen LogP contribution in [0.4, 0.5) is 0 Å². The second-order valence-corrected chi connectivity index (χ2v) is 12.1. The predicted molar refractivity (Wildman–Crippen MR) is 155 cm³/mol. The molecule has 1 heterocycles. The Labute approximate surface area is 249 Å². The maximum atomic E-state index is 13.5. The van der Waals surface area contributed by atoms with Crippen molar-refractivity contribution in [1.29, 1.82) is 0 Å². The maximum absolute atomic E-state index is 13.5. The molecule has 4 aromatic rings. The lowest BCUT2D eigenvalue weighted by Crippen LogP contribution is -2.30. The lowest BCUT2D eigenvalue weighted by atomic mass is 10.2. The first-order valence-corrected chi connectivity index (χ1v) is 14.4. The number of benzene rings is 3. The van der Waals surface area contributed by atoms with E-state index in [2.05, 4.69) is 10.5 Å². The summed E-state index contributed by atoms with van der Waals surface area (Å²) in [5, 5.41) is 5.53. The van der Waals surface area contributed by atoms with Crippen molar-refractivity contribution in [3.63, 3.8) is 0 Å². The fourth-order valence-electron chi connectivity index (χ4n) is 3.43. The molecule has 0 saturated carbocycles. The maximum Gasteiger partial charge on any atom is 0.272 e. The molecule has 202 valence electrons. The SMILES string of the molecule is O=C(N/N=C\c1ccc(CN(Cc2ccc(Cl)c(Cl)c2)S(=O)(=O)c2ccc(Cl)cc2)o1)c1ccc(Cl)cc1Cl. The Bertz CT molecular complexity index is 1640. The molecule has 0 spiro atoms. The third kappa shape index (κ3) is 7.55. The Morgan fingerprint density at radius 3 is 2.23 bits per heavy atom. The van der Waals surface area contributed by atoms with Crippen molar-refractivity contribution in [3.05, 3.63) is 121 Å². The molecule has 0 fully saturated rings. The minimum Gasteiger partial charge on any atom is -0.459 e. The first-order valence-electron chi connectivity index (χ1n) is 11.1. The summed E-state index contributed by atoms with van der Waals surface area (Å²) in [6, 6.07) is 18.4. The summed E-state index contributed by atoms with van der Waals surface area (Å²) in [4.78, 5) is 12.4. The second-order valence-electron chi connectivity index (χ2n) is 8.10. The number of sulfonamides is 1. The topological polar surface area (TPSA) is 92.0 Å². The van der Waals surface area contributed by atoms with Gasteiger partial charge in [0.1, 0.15) is 11.5 Å². The summed E-state index contributed by atoms with van der Waals surface area (Å²) < 4.78 is 34.1. The van der Waals surface area contributed by atoms with E-state index in [-0.39, 0.29) is 34.3 Å². The van der Waals surface area contributed by atoms with E-state index in [4.69, 9.17) is 62.4 Å². The lowest BCUT2D eigenvalue weighted by Gasteiger charge is -2.22. The van der Waals surface area contributed by atoms with Gasteiger partial charge in [0, 0.05) is 16.6 Å². The fraction of sp³-hybridized carbons (Fsp3) is 0.0769. The normalized spacial score (nSPS) is 11.8. The highest BCUT2D eigenvalue weighted by molar-refractivity contribution is 7.89. The van der Waals surface area contributed by atoms with Crippen molar-refractivity contribution < 1.29 is 17.6 Å². The number of hydrogen-bond acceptors (Lipinski definition) is 5. The van der Waals surface area contributed by atoms with Crippen LogP contribution in [-0.4, -0.2) is 24.8 Å². The Kier molecular flexibility index (Phi) is 9.61. The number of rotatable bonds is 9. The van der Waals surface area contributed by atoms with Gasteiger partial charge in [0.25, 0.3) is 5.91 Å². The average Bonchev–Trinajstić information content (AvgIpc) is 3.33. The van der Waals surface area contributed by atoms with Crippen LogP contribution in [0, 0.1) is 0 Å². The first kappa shape index (κ1) is 29.4. The molecule has 4 rings (SSSR count). The van der Waals surface area contributed by atoms with Gasteiger partial charge in [-0.1, -0.05) is 64.1 Å². The molecule has 0 atom stereocenters. The molecule has 1 aromatic heterocycles. The number of nitrogens with one attached hydrogen (secondary N) is 1. The number of furan rings is 1. The summed E-state index contributed by atoms with van der Waals surface area (Å²) >= 11 is 30.0. The van der Waals surface area contributed by atoms with Crippen LogP contribution >= 0.6 is 58.0 Å². The van der Waals surface area contributed by atoms with Crippen LogP contribution in [0.3, 0.4) is 0 Å². The lowest BCUT2D eigenvalue weighted by molar-refractivity contribution is 0.0955. The third-order valence-electron chi connectivity index (χ3n) is 5.34. The van der Waals surface area contributed by atoms with E-state index >= 15 is 0 Å². The number of hydrogen-bond donors (Lipinski definition) is 1. The fourth-order valence-corrected chi connectivity index (χ4v) is 5.77. The van der Waals surface area contributed by atoms with E-state index in [1.54, 1.807) is 30.3 Å². The Morgan fingerprint density at radius 2 is 1.54 bits per heavy atom. The molecule has 0 bridgehead atoms. The zero-order valence-electron chi connectivity index (χ0n) is 19.7. The highest BCUT2D eigenvalue weighted by Gasteiger charge is 2.26. The van der Waals surface area contributed by atoms with Crippen LogP contribution in [0.15, 0.2) is 87.2 Å². The number of carbonyl (C=O) groups is 1. The molecule has 0 unspecified atom stereocenters. The van der Waals surface area contributed by atoms with Gasteiger partial charge < -0.3 is 4.42 Å². The van der Waals surface area contributed by atoms with Crippen molar-refractivity contribution in [2.45, 2.75) is 18.0 Å². The zero-order chi connectivity index (χ0) is 28.2. The van der Waals surface area contributed by atoms with Crippen molar-refractivity contribution in [3.8, 4) is 0 Å². The van der Waals surface area contributed by atoms with Gasteiger partial charge in [-0.05, 0) is 72.3 Å². The molecule has 1 amide bonds. The predicted octanol–water partition coefficient (Wildman–Crippen LogP) is 7.70. The average molecular weight is 646 g/mol. The molecule has 0 aliphatic carbocycles. The summed E-state index contributed by atoms with van der Waals surface area (Å²) in [5.74, 6) is 0.0774. The smallest absolute Gasteiger partial charge is 0.272 e. The molecule has 3 aromatic carbocycles. The number of hydrazone groups is 1. The molecule has 7 nitrogen and oxygen atoms in total. The van der Waals surface area contributed by atoms with Gasteiger partial charge >= 0.3 is 0 Å². The van der Waals surface area contributed by atoms with Gasteiger partial charge in [-0.15, -0.1) is 0 Å². The second kappa shape index (κ2) is 12.7. The number of carbonyl (C=O) groups excluding carboxylic acids is 1. The Morgan fingerprint density at radius 1 is 0.821 bits per heavy atom. The van der Waals surface area contributed by atoms with E-state index in [0.29, 0.717) is 31.4 Å². The van der Waals surface area contributed by atoms with Crippen molar-refractivity contribution >= 4 is 80.1 Å². The number of amides is 1. The quantitative estimate of drug-likeness (QED) is 0.149. The van der Waals surface area contributed by atoms with Gasteiger partial charge in [-0.25, -0.2) is 13.8 Å². The van der Waals surface area contributed by atoms with Crippen LogP contribution in [0.25, 0.3) is 0 Å². The molecular weight excluding hydrogens is 628 g/mol. The van der Waals surface area contributed by atoms with E-state index in [9.17, 15) is 13.2 Å². The molecule has 0 radical (unpaired) electrons. The molecule has 13 heteroatoms. The molecule has 39 heavy (non-hydrogen) atoms. The van der Waals surface area contributed by atoms with Crippen molar-refractivity contribution in [2.24, 2.45) is 5.10 Å². The van der Waals surface area contributed by atoms with Gasteiger partial charge in [0.2, 0.25) is 10.0 Å². The Hall–Kier alpha value is -2.56. The summed E-state index contributed by atoms with van der Waals surface area (Å²) in [6.45, 7) is -0.115. The standard InChI is InChI=1S/C26H18Cl5N3O4S/c27-17-2-7-21(8-3-17)39(36,37)34(14-16-1-10-23(29)25(31)11-16)15-20-6-5-19(38-20)13-32-33-26(35)22-9-4-18(28)12-24(22)30/h1-13H,14-15H2,(H,33,35)/b32-13-. The molecule has 0 aliphatic heterocycles. The highest BCUT2D eigenvalue weighted by atomic mass is 35.5. The molecule has 0 aliphatic rings. The third-order valence-corrected chi connectivity index (χ3v) is 8.69. The van der Waals surface area contributed by atoms with Gasteiger partial charge in [-0.2, -0.15) is 9.41 Å². The largest absolute Gasteiger partial charge is 0.459 e.